The minimum Gasteiger partial charge on any atom is -0.324 e. The van der Waals surface area contributed by atoms with Gasteiger partial charge in [0, 0.05) is 17.6 Å². The van der Waals surface area contributed by atoms with E-state index in [1.54, 1.807) is 0 Å². The van der Waals surface area contributed by atoms with Gasteiger partial charge in [-0.05, 0) is 54.6 Å². The fourth-order valence-electron chi connectivity index (χ4n) is 1.94. The Morgan fingerprint density at radius 2 is 1.42 bits per heavy atom. The van der Waals surface area contributed by atoms with Crippen LogP contribution in [0, 0.1) is 11.6 Å². The summed E-state index contributed by atoms with van der Waals surface area (Å²) in [4.78, 5) is 20.3. The number of hydrogen-bond acceptors (Lipinski definition) is 4. The second kappa shape index (κ2) is 6.82. The van der Waals surface area contributed by atoms with Crippen molar-refractivity contribution in [1.29, 1.82) is 0 Å². The third-order valence-corrected chi connectivity index (χ3v) is 3.09. The molecule has 0 aliphatic heterocycles. The molecule has 0 aliphatic carbocycles. The molecule has 24 heavy (non-hydrogen) atoms. The highest BCUT2D eigenvalue weighted by Gasteiger charge is 2.09. The van der Waals surface area contributed by atoms with Gasteiger partial charge in [0.25, 0.3) is 5.91 Å². The Balaban J connectivity index is 1.73. The monoisotopic (exact) mass is 326 g/mol. The average molecular weight is 326 g/mol. The van der Waals surface area contributed by atoms with Crippen LogP contribution in [0.5, 0.6) is 0 Å². The molecule has 2 aromatic carbocycles. The quantitative estimate of drug-likeness (QED) is 0.766. The molecule has 2 N–H and O–H groups in total. The zero-order valence-electron chi connectivity index (χ0n) is 12.3. The number of amides is 1. The fourth-order valence-corrected chi connectivity index (χ4v) is 1.94. The van der Waals surface area contributed by atoms with Crippen molar-refractivity contribution in [3.63, 3.8) is 0 Å². The maximum absolute atomic E-state index is 12.9. The lowest BCUT2D eigenvalue weighted by Gasteiger charge is -2.07. The second-order valence-corrected chi connectivity index (χ2v) is 4.86. The van der Waals surface area contributed by atoms with Crippen molar-refractivity contribution < 1.29 is 13.6 Å². The first-order valence-electron chi connectivity index (χ1n) is 7.03. The van der Waals surface area contributed by atoms with Gasteiger partial charge in [0.2, 0.25) is 5.95 Å². The summed E-state index contributed by atoms with van der Waals surface area (Å²) in [7, 11) is 0. The highest BCUT2D eigenvalue weighted by atomic mass is 19.1. The first-order chi connectivity index (χ1) is 11.6. The number of rotatable bonds is 4. The van der Waals surface area contributed by atoms with Gasteiger partial charge in [-0.1, -0.05) is 0 Å². The van der Waals surface area contributed by atoms with Crippen LogP contribution in [0.25, 0.3) is 0 Å². The van der Waals surface area contributed by atoms with Gasteiger partial charge in [-0.15, -0.1) is 0 Å². The molecule has 1 amide bonds. The number of nitrogens with one attached hydrogen (secondary N) is 2. The van der Waals surface area contributed by atoms with Gasteiger partial charge in [0.15, 0.2) is 0 Å². The van der Waals surface area contributed by atoms with Crippen molar-refractivity contribution in [2.45, 2.75) is 0 Å². The van der Waals surface area contributed by atoms with Crippen molar-refractivity contribution in [2.24, 2.45) is 0 Å². The summed E-state index contributed by atoms with van der Waals surface area (Å²) in [5.41, 5.74) is 1.18. The van der Waals surface area contributed by atoms with Gasteiger partial charge in [0.05, 0.1) is 0 Å². The highest BCUT2D eigenvalue weighted by Crippen LogP contribution is 2.14. The Morgan fingerprint density at radius 3 is 2.04 bits per heavy atom. The lowest BCUT2D eigenvalue weighted by atomic mass is 10.3. The van der Waals surface area contributed by atoms with Gasteiger partial charge in [0.1, 0.15) is 17.3 Å². The smallest absolute Gasteiger partial charge is 0.274 e. The number of nitrogens with zero attached hydrogens (tertiary/aromatic N) is 2. The standard InChI is InChI=1S/C17H12F2N4O/c18-11-1-5-13(6-2-11)21-16(24)15-9-10-20-17(23-15)22-14-7-3-12(19)4-8-14/h1-10H,(H,21,24)(H,20,22,23). The topological polar surface area (TPSA) is 66.9 Å². The van der Waals surface area contributed by atoms with E-state index in [2.05, 4.69) is 20.6 Å². The summed E-state index contributed by atoms with van der Waals surface area (Å²) in [6.45, 7) is 0. The van der Waals surface area contributed by atoms with Crippen molar-refractivity contribution >= 4 is 23.2 Å². The van der Waals surface area contributed by atoms with Crippen molar-refractivity contribution in [2.75, 3.05) is 10.6 Å². The van der Waals surface area contributed by atoms with Gasteiger partial charge in [-0.3, -0.25) is 4.79 Å². The highest BCUT2D eigenvalue weighted by molar-refractivity contribution is 6.02. The third kappa shape index (κ3) is 3.89. The van der Waals surface area contributed by atoms with E-state index in [1.807, 2.05) is 0 Å². The molecule has 0 saturated carbocycles. The molecule has 0 radical (unpaired) electrons. The largest absolute Gasteiger partial charge is 0.324 e. The predicted octanol–water partition coefficient (Wildman–Crippen LogP) is 3.75. The number of anilines is 3. The molecule has 0 atom stereocenters. The number of carbonyl (C=O) groups is 1. The van der Waals surface area contributed by atoms with E-state index in [-0.39, 0.29) is 23.3 Å². The summed E-state index contributed by atoms with van der Waals surface area (Å²) in [6, 6.07) is 12.5. The first-order valence-corrected chi connectivity index (χ1v) is 7.03. The van der Waals surface area contributed by atoms with Crippen LogP contribution in [0.1, 0.15) is 10.5 Å². The van der Waals surface area contributed by atoms with Gasteiger partial charge < -0.3 is 10.6 Å². The second-order valence-electron chi connectivity index (χ2n) is 4.86. The van der Waals surface area contributed by atoms with E-state index in [0.717, 1.165) is 0 Å². The molecule has 0 saturated heterocycles. The Morgan fingerprint density at radius 1 is 0.833 bits per heavy atom. The molecule has 0 bridgehead atoms. The molecule has 7 heteroatoms. The van der Waals surface area contributed by atoms with E-state index in [9.17, 15) is 13.6 Å². The summed E-state index contributed by atoms with van der Waals surface area (Å²) in [6.07, 6.45) is 1.43. The van der Waals surface area contributed by atoms with Crippen LogP contribution >= 0.6 is 0 Å². The molecular weight excluding hydrogens is 314 g/mol. The zero-order chi connectivity index (χ0) is 16.9. The van der Waals surface area contributed by atoms with Crippen LogP contribution in [-0.2, 0) is 0 Å². The maximum atomic E-state index is 12.9. The SMILES string of the molecule is O=C(Nc1ccc(F)cc1)c1ccnc(Nc2ccc(F)cc2)n1. The molecule has 1 heterocycles. The van der Waals surface area contributed by atoms with Crippen molar-refractivity contribution in [3.8, 4) is 0 Å². The maximum Gasteiger partial charge on any atom is 0.274 e. The van der Waals surface area contributed by atoms with Crippen molar-refractivity contribution in [3.05, 3.63) is 78.1 Å². The normalized spacial score (nSPS) is 10.2. The van der Waals surface area contributed by atoms with Gasteiger partial charge in [-0.25, -0.2) is 18.7 Å². The summed E-state index contributed by atoms with van der Waals surface area (Å²) in [5, 5.41) is 5.49. The Bertz CT molecular complexity index is 851. The van der Waals surface area contributed by atoms with Crippen LogP contribution in [0.15, 0.2) is 60.8 Å². The fraction of sp³-hybridized carbons (Fsp3) is 0. The predicted molar refractivity (Wildman–Crippen MR) is 86.1 cm³/mol. The lowest BCUT2D eigenvalue weighted by Crippen LogP contribution is -2.14. The summed E-state index contributed by atoms with van der Waals surface area (Å²) >= 11 is 0. The number of halogens is 2. The van der Waals surface area contributed by atoms with E-state index in [0.29, 0.717) is 11.4 Å². The zero-order valence-corrected chi connectivity index (χ0v) is 12.3. The molecule has 3 aromatic rings. The molecule has 0 aliphatic rings. The average Bonchev–Trinajstić information content (AvgIpc) is 2.59. The molecule has 0 spiro atoms. The van der Waals surface area contributed by atoms with E-state index in [1.165, 1.54) is 60.8 Å². The van der Waals surface area contributed by atoms with Crippen LogP contribution in [0.2, 0.25) is 0 Å². The van der Waals surface area contributed by atoms with Gasteiger partial charge in [-0.2, -0.15) is 0 Å². The van der Waals surface area contributed by atoms with Gasteiger partial charge >= 0.3 is 0 Å². The molecule has 120 valence electrons. The van der Waals surface area contributed by atoms with E-state index in [4.69, 9.17) is 0 Å². The minimum atomic E-state index is -0.453. The third-order valence-electron chi connectivity index (χ3n) is 3.09. The minimum absolute atomic E-state index is 0.138. The summed E-state index contributed by atoms with van der Waals surface area (Å²) in [5.74, 6) is -0.991. The Kier molecular flexibility index (Phi) is 4.42. The number of carbonyl (C=O) groups excluding carboxylic acids is 1. The van der Waals surface area contributed by atoms with Crippen LogP contribution in [0.4, 0.5) is 26.1 Å². The molecule has 1 aromatic heterocycles. The number of hydrogen-bond donors (Lipinski definition) is 2. The van der Waals surface area contributed by atoms with Crippen molar-refractivity contribution in [1.82, 2.24) is 9.97 Å². The molecule has 3 rings (SSSR count). The Hall–Kier alpha value is -3.35. The van der Waals surface area contributed by atoms with Crippen LogP contribution in [-0.4, -0.2) is 15.9 Å². The first kappa shape index (κ1) is 15.5. The van der Waals surface area contributed by atoms with E-state index >= 15 is 0 Å². The summed E-state index contributed by atoms with van der Waals surface area (Å²) < 4.78 is 25.8. The number of benzene rings is 2. The Labute approximate surface area is 136 Å². The van der Waals surface area contributed by atoms with E-state index < -0.39 is 5.91 Å². The van der Waals surface area contributed by atoms with Crippen LogP contribution < -0.4 is 10.6 Å². The molecule has 5 nitrogen and oxygen atoms in total. The lowest BCUT2D eigenvalue weighted by molar-refractivity contribution is 0.102. The molecule has 0 unspecified atom stereocenters. The number of aromatic nitrogens is 2. The molecule has 0 fully saturated rings. The molecular formula is C17H12F2N4O. The van der Waals surface area contributed by atoms with Crippen LogP contribution in [0.3, 0.4) is 0 Å².